The van der Waals surface area contributed by atoms with Gasteiger partial charge in [-0.2, -0.15) is 0 Å². The van der Waals surface area contributed by atoms with E-state index in [0.29, 0.717) is 0 Å². The van der Waals surface area contributed by atoms with Crippen LogP contribution in [0.5, 0.6) is 0 Å². The van der Waals surface area contributed by atoms with Crippen molar-refractivity contribution in [1.82, 2.24) is 0 Å². The van der Waals surface area contributed by atoms with Crippen molar-refractivity contribution in [2.45, 2.75) is 52.4 Å². The van der Waals surface area contributed by atoms with Crippen LogP contribution in [0.25, 0.3) is 17.2 Å². The van der Waals surface area contributed by atoms with Gasteiger partial charge in [0, 0.05) is 0 Å². The molecular formula is C32H34. The molecule has 0 N–H and O–H groups in total. The molecule has 3 aromatic rings. The van der Waals surface area contributed by atoms with E-state index in [-0.39, 0.29) is 0 Å². The molecule has 0 spiro atoms. The van der Waals surface area contributed by atoms with Crippen molar-refractivity contribution in [2.75, 3.05) is 0 Å². The molecule has 3 aromatic carbocycles. The van der Waals surface area contributed by atoms with Gasteiger partial charge in [-0.3, -0.25) is 0 Å². The molecule has 32 heavy (non-hydrogen) atoms. The summed E-state index contributed by atoms with van der Waals surface area (Å²) in [5, 5.41) is 0. The Morgan fingerprint density at radius 3 is 1.81 bits per heavy atom. The summed E-state index contributed by atoms with van der Waals surface area (Å²) in [5.74, 6) is 0. The van der Waals surface area contributed by atoms with Crippen LogP contribution in [0.1, 0.15) is 74.6 Å². The topological polar surface area (TPSA) is 0 Å². The predicted octanol–water partition coefficient (Wildman–Crippen LogP) is 9.35. The van der Waals surface area contributed by atoms with Crippen LogP contribution in [-0.2, 0) is 0 Å². The van der Waals surface area contributed by atoms with Gasteiger partial charge in [-0.15, -0.1) is 0 Å². The molecule has 0 aliphatic heterocycles. The molecule has 1 aliphatic rings. The Kier molecular flexibility index (Phi) is 7.56. The van der Waals surface area contributed by atoms with Crippen LogP contribution in [-0.4, -0.2) is 0 Å². The molecule has 162 valence electrons. The van der Waals surface area contributed by atoms with E-state index >= 15 is 0 Å². The van der Waals surface area contributed by atoms with Gasteiger partial charge in [-0.1, -0.05) is 129 Å². The normalized spacial score (nSPS) is 13.1. The highest BCUT2D eigenvalue weighted by atomic mass is 14.3. The third-order valence-electron chi connectivity index (χ3n) is 6.33. The molecular weight excluding hydrogens is 384 g/mol. The molecule has 0 radical (unpaired) electrons. The van der Waals surface area contributed by atoms with Crippen molar-refractivity contribution in [3.05, 3.63) is 124 Å². The van der Waals surface area contributed by atoms with Crippen molar-refractivity contribution in [3.63, 3.8) is 0 Å². The van der Waals surface area contributed by atoms with Crippen molar-refractivity contribution < 1.29 is 0 Å². The van der Waals surface area contributed by atoms with E-state index < -0.39 is 0 Å². The van der Waals surface area contributed by atoms with Gasteiger partial charge in [-0.05, 0) is 64.7 Å². The minimum absolute atomic E-state index is 1.19. The number of benzene rings is 3. The summed E-state index contributed by atoms with van der Waals surface area (Å²) in [6.45, 7) is 4.60. The Hall–Kier alpha value is -3.12. The smallest absolute Gasteiger partial charge is 0.00264 e. The van der Waals surface area contributed by atoms with E-state index in [2.05, 4.69) is 111 Å². The van der Waals surface area contributed by atoms with Crippen molar-refractivity contribution in [1.29, 1.82) is 0 Å². The van der Waals surface area contributed by atoms with E-state index in [0.717, 1.165) is 0 Å². The maximum absolute atomic E-state index is 2.37. The van der Waals surface area contributed by atoms with E-state index in [9.17, 15) is 0 Å². The van der Waals surface area contributed by atoms with Gasteiger partial charge in [0.15, 0.2) is 0 Å². The number of hydrogen-bond acceptors (Lipinski definition) is 0. The first-order valence-corrected chi connectivity index (χ1v) is 12.2. The first kappa shape index (κ1) is 22.1. The molecule has 0 amide bonds. The SMILES string of the molecule is CCCCC(CCCC)=C1C(/C=C/c2ccccc2)=C(c2ccccc2)c2ccccc21. The molecule has 0 unspecified atom stereocenters. The Bertz CT molecular complexity index is 1100. The summed E-state index contributed by atoms with van der Waals surface area (Å²) < 4.78 is 0. The number of allylic oxidation sites excluding steroid dienone is 4. The summed E-state index contributed by atoms with van der Waals surface area (Å²) in [7, 11) is 0. The highest BCUT2D eigenvalue weighted by Crippen LogP contribution is 2.48. The number of hydrogen-bond donors (Lipinski definition) is 0. The van der Waals surface area contributed by atoms with Gasteiger partial charge in [0.2, 0.25) is 0 Å². The summed E-state index contributed by atoms with van der Waals surface area (Å²) in [4.78, 5) is 0. The fourth-order valence-electron chi connectivity index (χ4n) is 4.70. The van der Waals surface area contributed by atoms with Crippen LogP contribution in [0.2, 0.25) is 0 Å². The van der Waals surface area contributed by atoms with E-state index in [1.54, 1.807) is 5.57 Å². The third kappa shape index (κ3) is 4.86. The third-order valence-corrected chi connectivity index (χ3v) is 6.33. The Morgan fingerprint density at radius 2 is 1.19 bits per heavy atom. The van der Waals surface area contributed by atoms with E-state index in [1.165, 1.54) is 77.5 Å². The zero-order valence-corrected chi connectivity index (χ0v) is 19.5. The van der Waals surface area contributed by atoms with Crippen molar-refractivity contribution >= 4 is 17.2 Å². The lowest BCUT2D eigenvalue weighted by Gasteiger charge is -2.15. The van der Waals surface area contributed by atoms with Gasteiger partial charge in [-0.25, -0.2) is 0 Å². The Morgan fingerprint density at radius 1 is 0.625 bits per heavy atom. The second-order valence-electron chi connectivity index (χ2n) is 8.63. The first-order valence-electron chi connectivity index (χ1n) is 12.2. The second kappa shape index (κ2) is 11.0. The molecule has 0 nitrogen and oxygen atoms in total. The van der Waals surface area contributed by atoms with Gasteiger partial charge in [0.25, 0.3) is 0 Å². The second-order valence-corrected chi connectivity index (χ2v) is 8.63. The largest absolute Gasteiger partial charge is 0.0654 e. The maximum Gasteiger partial charge on any atom is -0.00264 e. The van der Waals surface area contributed by atoms with Crippen LogP contribution in [0.3, 0.4) is 0 Å². The molecule has 1 aliphatic carbocycles. The van der Waals surface area contributed by atoms with Crippen LogP contribution < -0.4 is 0 Å². The summed E-state index contributed by atoms with van der Waals surface area (Å²) in [6.07, 6.45) is 12.0. The first-order chi connectivity index (χ1) is 15.8. The molecule has 0 atom stereocenters. The van der Waals surface area contributed by atoms with Crippen LogP contribution in [0, 0.1) is 0 Å². The van der Waals surface area contributed by atoms with E-state index in [4.69, 9.17) is 0 Å². The molecule has 0 aromatic heterocycles. The lowest BCUT2D eigenvalue weighted by Crippen LogP contribution is -1.94. The predicted molar refractivity (Wildman–Crippen MR) is 140 cm³/mol. The van der Waals surface area contributed by atoms with Crippen LogP contribution in [0.15, 0.2) is 102 Å². The average molecular weight is 419 g/mol. The van der Waals surface area contributed by atoms with E-state index in [1.807, 2.05) is 0 Å². The zero-order chi connectivity index (χ0) is 22.2. The summed E-state index contributed by atoms with van der Waals surface area (Å²) >= 11 is 0. The Labute approximate surface area is 194 Å². The van der Waals surface area contributed by atoms with Crippen LogP contribution in [0.4, 0.5) is 0 Å². The summed E-state index contributed by atoms with van der Waals surface area (Å²) in [5.41, 5.74) is 11.2. The molecule has 0 saturated carbocycles. The standard InChI is InChI=1S/C32H34/c1-3-5-17-26(18-6-4-2)31-28-21-13-14-22-29(28)32(27-19-11-8-12-20-27)30(31)24-23-25-15-9-7-10-16-25/h7-16,19-24H,3-6,17-18H2,1-2H3/b24-23+. The number of rotatable bonds is 9. The molecule has 4 rings (SSSR count). The highest BCUT2D eigenvalue weighted by Gasteiger charge is 2.27. The minimum atomic E-state index is 1.19. The minimum Gasteiger partial charge on any atom is -0.0654 e. The quantitative estimate of drug-likeness (QED) is 0.325. The highest BCUT2D eigenvalue weighted by molar-refractivity contribution is 6.08. The maximum atomic E-state index is 2.37. The van der Waals surface area contributed by atoms with Crippen molar-refractivity contribution in [3.8, 4) is 0 Å². The fraction of sp³-hybridized carbons (Fsp3) is 0.250. The molecule has 0 fully saturated rings. The lowest BCUT2D eigenvalue weighted by molar-refractivity contribution is 0.715. The molecule has 0 heteroatoms. The molecule has 0 heterocycles. The average Bonchev–Trinajstić information content (AvgIpc) is 3.18. The van der Waals surface area contributed by atoms with Gasteiger partial charge >= 0.3 is 0 Å². The van der Waals surface area contributed by atoms with Gasteiger partial charge in [0.05, 0.1) is 0 Å². The lowest BCUT2D eigenvalue weighted by atomic mass is 9.90. The van der Waals surface area contributed by atoms with Crippen LogP contribution >= 0.6 is 0 Å². The fourth-order valence-corrected chi connectivity index (χ4v) is 4.70. The van der Waals surface area contributed by atoms with Gasteiger partial charge < -0.3 is 0 Å². The monoisotopic (exact) mass is 418 g/mol. The zero-order valence-electron chi connectivity index (χ0n) is 19.5. The molecule has 0 saturated heterocycles. The van der Waals surface area contributed by atoms with Crippen molar-refractivity contribution in [2.24, 2.45) is 0 Å². The number of fused-ring (bicyclic) bond motifs is 1. The number of unbranched alkanes of at least 4 members (excludes halogenated alkanes) is 2. The van der Waals surface area contributed by atoms with Gasteiger partial charge in [0.1, 0.15) is 0 Å². The summed E-state index contributed by atoms with van der Waals surface area (Å²) in [6, 6.07) is 30.6. The molecule has 0 bridgehead atoms. The Balaban J connectivity index is 1.95.